The maximum atomic E-state index is 10.8. The van der Waals surface area contributed by atoms with Gasteiger partial charge in [0.1, 0.15) is 5.82 Å². The number of carboxylic acids is 1. The Labute approximate surface area is 93.5 Å². The largest absolute Gasteiger partial charge is 0.477 e. The molecule has 1 fully saturated rings. The zero-order chi connectivity index (χ0) is 11.5. The summed E-state index contributed by atoms with van der Waals surface area (Å²) in [5, 5.41) is 8.83. The molecule has 0 spiro atoms. The van der Waals surface area contributed by atoms with Crippen LogP contribution in [0, 0.1) is 0 Å². The van der Waals surface area contributed by atoms with Gasteiger partial charge in [-0.25, -0.2) is 14.8 Å². The molecule has 1 aliphatic heterocycles. The SMILES string of the molecule is CC(c1nccc(C(=O)O)n1)C1CCCO1. The lowest BCUT2D eigenvalue weighted by Gasteiger charge is -2.16. The molecule has 1 aromatic heterocycles. The molecule has 0 bridgehead atoms. The van der Waals surface area contributed by atoms with E-state index < -0.39 is 5.97 Å². The Kier molecular flexibility index (Phi) is 3.14. The zero-order valence-electron chi connectivity index (χ0n) is 9.09. The highest BCUT2D eigenvalue weighted by molar-refractivity contribution is 5.85. The van der Waals surface area contributed by atoms with Crippen molar-refractivity contribution in [1.29, 1.82) is 0 Å². The lowest BCUT2D eigenvalue weighted by Crippen LogP contribution is -2.18. The molecule has 0 radical (unpaired) electrons. The van der Waals surface area contributed by atoms with E-state index in [9.17, 15) is 4.79 Å². The van der Waals surface area contributed by atoms with Crippen molar-refractivity contribution in [2.24, 2.45) is 0 Å². The van der Waals surface area contributed by atoms with Gasteiger partial charge in [0, 0.05) is 18.7 Å². The molecule has 2 atom stereocenters. The predicted octanol–water partition coefficient (Wildman–Crippen LogP) is 1.46. The Hall–Kier alpha value is -1.49. The first-order valence-electron chi connectivity index (χ1n) is 5.36. The highest BCUT2D eigenvalue weighted by Crippen LogP contribution is 2.26. The van der Waals surface area contributed by atoms with Gasteiger partial charge in [0.05, 0.1) is 6.10 Å². The molecule has 1 N–H and O–H groups in total. The molecular weight excluding hydrogens is 208 g/mol. The molecule has 0 amide bonds. The summed E-state index contributed by atoms with van der Waals surface area (Å²) < 4.78 is 5.54. The summed E-state index contributed by atoms with van der Waals surface area (Å²) in [5.74, 6) is -0.434. The molecule has 16 heavy (non-hydrogen) atoms. The van der Waals surface area contributed by atoms with Crippen LogP contribution in [0.15, 0.2) is 12.3 Å². The molecular formula is C11H14N2O3. The van der Waals surface area contributed by atoms with E-state index in [1.54, 1.807) is 0 Å². The molecule has 1 saturated heterocycles. The third kappa shape index (κ3) is 2.19. The second-order valence-corrected chi connectivity index (χ2v) is 3.95. The van der Waals surface area contributed by atoms with Gasteiger partial charge >= 0.3 is 5.97 Å². The van der Waals surface area contributed by atoms with E-state index in [-0.39, 0.29) is 17.7 Å². The Morgan fingerprint density at radius 3 is 3.12 bits per heavy atom. The third-order valence-corrected chi connectivity index (χ3v) is 2.82. The normalized spacial score (nSPS) is 21.9. The monoisotopic (exact) mass is 222 g/mol. The first-order valence-corrected chi connectivity index (χ1v) is 5.36. The molecule has 5 heteroatoms. The van der Waals surface area contributed by atoms with Crippen LogP contribution in [0.4, 0.5) is 0 Å². The van der Waals surface area contributed by atoms with Crippen LogP contribution in [0.1, 0.15) is 42.0 Å². The second-order valence-electron chi connectivity index (χ2n) is 3.95. The van der Waals surface area contributed by atoms with Crippen molar-refractivity contribution in [3.8, 4) is 0 Å². The number of hydrogen-bond acceptors (Lipinski definition) is 4. The molecule has 0 aliphatic carbocycles. The van der Waals surface area contributed by atoms with Gasteiger partial charge in [-0.3, -0.25) is 0 Å². The van der Waals surface area contributed by atoms with Crippen molar-refractivity contribution >= 4 is 5.97 Å². The molecule has 0 aromatic carbocycles. The Morgan fingerprint density at radius 2 is 2.50 bits per heavy atom. The van der Waals surface area contributed by atoms with Crippen LogP contribution in [-0.4, -0.2) is 33.8 Å². The van der Waals surface area contributed by atoms with Crippen LogP contribution in [0.2, 0.25) is 0 Å². The molecule has 1 aliphatic rings. The Balaban J connectivity index is 2.18. The summed E-state index contributed by atoms with van der Waals surface area (Å²) in [5.41, 5.74) is 0.0369. The highest BCUT2D eigenvalue weighted by Gasteiger charge is 2.26. The molecule has 86 valence electrons. The van der Waals surface area contributed by atoms with Crippen LogP contribution in [0.25, 0.3) is 0 Å². The zero-order valence-corrected chi connectivity index (χ0v) is 9.09. The number of aromatic nitrogens is 2. The summed E-state index contributed by atoms with van der Waals surface area (Å²) in [7, 11) is 0. The van der Waals surface area contributed by atoms with Gasteiger partial charge in [-0.1, -0.05) is 6.92 Å². The lowest BCUT2D eigenvalue weighted by molar-refractivity contribution is 0.0687. The molecule has 2 heterocycles. The molecule has 2 rings (SSSR count). The van der Waals surface area contributed by atoms with Crippen LogP contribution < -0.4 is 0 Å². The van der Waals surface area contributed by atoms with Crippen LogP contribution in [0.3, 0.4) is 0 Å². The third-order valence-electron chi connectivity index (χ3n) is 2.82. The highest BCUT2D eigenvalue weighted by atomic mass is 16.5. The number of carboxylic acid groups (broad SMARTS) is 1. The number of aromatic carboxylic acids is 1. The minimum atomic E-state index is -1.02. The number of ether oxygens (including phenoxy) is 1. The van der Waals surface area contributed by atoms with E-state index in [2.05, 4.69) is 9.97 Å². The van der Waals surface area contributed by atoms with E-state index >= 15 is 0 Å². The molecule has 5 nitrogen and oxygen atoms in total. The fourth-order valence-electron chi connectivity index (χ4n) is 1.88. The fourth-order valence-corrected chi connectivity index (χ4v) is 1.88. The minimum Gasteiger partial charge on any atom is -0.477 e. The summed E-state index contributed by atoms with van der Waals surface area (Å²) >= 11 is 0. The summed E-state index contributed by atoms with van der Waals surface area (Å²) in [6.45, 7) is 2.74. The maximum absolute atomic E-state index is 10.8. The summed E-state index contributed by atoms with van der Waals surface area (Å²) in [4.78, 5) is 18.9. The van der Waals surface area contributed by atoms with Crippen molar-refractivity contribution in [2.45, 2.75) is 31.8 Å². The maximum Gasteiger partial charge on any atom is 0.354 e. The van der Waals surface area contributed by atoms with E-state index in [0.717, 1.165) is 19.4 Å². The Morgan fingerprint density at radius 1 is 1.69 bits per heavy atom. The fraction of sp³-hybridized carbons (Fsp3) is 0.545. The smallest absolute Gasteiger partial charge is 0.354 e. The quantitative estimate of drug-likeness (QED) is 0.838. The van der Waals surface area contributed by atoms with Crippen molar-refractivity contribution in [3.05, 3.63) is 23.8 Å². The number of nitrogens with zero attached hydrogens (tertiary/aromatic N) is 2. The van der Waals surface area contributed by atoms with Gasteiger partial charge in [0.15, 0.2) is 5.69 Å². The number of hydrogen-bond donors (Lipinski definition) is 1. The van der Waals surface area contributed by atoms with E-state index in [0.29, 0.717) is 5.82 Å². The van der Waals surface area contributed by atoms with Gasteiger partial charge in [-0.05, 0) is 18.9 Å². The average molecular weight is 222 g/mol. The molecule has 1 aromatic rings. The molecule has 0 saturated carbocycles. The van der Waals surface area contributed by atoms with Gasteiger partial charge < -0.3 is 9.84 Å². The van der Waals surface area contributed by atoms with Gasteiger partial charge in [0.2, 0.25) is 0 Å². The van der Waals surface area contributed by atoms with Gasteiger partial charge in [-0.2, -0.15) is 0 Å². The first kappa shape index (κ1) is 11.0. The number of rotatable bonds is 3. The van der Waals surface area contributed by atoms with Crippen molar-refractivity contribution < 1.29 is 14.6 Å². The average Bonchev–Trinajstić information content (AvgIpc) is 2.81. The summed E-state index contributed by atoms with van der Waals surface area (Å²) in [6.07, 6.45) is 3.64. The van der Waals surface area contributed by atoms with Crippen molar-refractivity contribution in [3.63, 3.8) is 0 Å². The number of carbonyl (C=O) groups is 1. The van der Waals surface area contributed by atoms with Gasteiger partial charge in [-0.15, -0.1) is 0 Å². The lowest BCUT2D eigenvalue weighted by atomic mass is 10.0. The topological polar surface area (TPSA) is 72.3 Å². The standard InChI is InChI=1S/C11H14N2O3/c1-7(9-3-2-6-16-9)10-12-5-4-8(13-10)11(14)15/h4-5,7,9H,2-3,6H2,1H3,(H,14,15). The minimum absolute atomic E-state index is 0.0369. The van der Waals surface area contributed by atoms with E-state index in [1.807, 2.05) is 6.92 Å². The molecule has 2 unspecified atom stereocenters. The van der Waals surface area contributed by atoms with E-state index in [1.165, 1.54) is 12.3 Å². The van der Waals surface area contributed by atoms with Crippen LogP contribution in [0.5, 0.6) is 0 Å². The van der Waals surface area contributed by atoms with Crippen LogP contribution >= 0.6 is 0 Å². The van der Waals surface area contributed by atoms with E-state index in [4.69, 9.17) is 9.84 Å². The summed E-state index contributed by atoms with van der Waals surface area (Å²) in [6, 6.07) is 1.40. The Bertz CT molecular complexity index is 389. The van der Waals surface area contributed by atoms with Crippen molar-refractivity contribution in [1.82, 2.24) is 9.97 Å². The van der Waals surface area contributed by atoms with Gasteiger partial charge in [0.25, 0.3) is 0 Å². The second kappa shape index (κ2) is 4.57. The predicted molar refractivity (Wildman–Crippen MR) is 56.4 cm³/mol. The first-order chi connectivity index (χ1) is 7.68. The van der Waals surface area contributed by atoms with Crippen LogP contribution in [-0.2, 0) is 4.74 Å². The van der Waals surface area contributed by atoms with Crippen molar-refractivity contribution in [2.75, 3.05) is 6.61 Å².